The van der Waals surface area contributed by atoms with Gasteiger partial charge >= 0.3 is 5.97 Å². The summed E-state index contributed by atoms with van der Waals surface area (Å²) < 4.78 is 6.08. The molecule has 2 saturated carbocycles. The average Bonchev–Trinajstić information content (AvgIpc) is 3.37. The highest BCUT2D eigenvalue weighted by Crippen LogP contribution is 2.66. The lowest BCUT2D eigenvalue weighted by Crippen LogP contribution is -2.50. The fourth-order valence-electron chi connectivity index (χ4n) is 9.80. The highest BCUT2D eigenvalue weighted by atomic mass is 16.5. The summed E-state index contributed by atoms with van der Waals surface area (Å²) >= 11 is 0. The monoisotopic (exact) mass is 587 g/mol. The first-order valence-corrected chi connectivity index (χ1v) is 18.5. The summed E-state index contributed by atoms with van der Waals surface area (Å²) in [6.45, 7) is 7.37. The zero-order chi connectivity index (χ0) is 30.1. The zero-order valence-corrected chi connectivity index (χ0v) is 27.9. The third-order valence-corrected chi connectivity index (χ3v) is 12.4. The molecule has 0 unspecified atom stereocenters. The molecule has 0 aromatic carbocycles. The standard InChI is InChI=1S/C40H61NO2/c1-4-5-6-7-8-9-10-11-12-13-14-15-16-19-38(42)43-33-24-26-39(2)32(29-33)20-21-34-36-23-22-35(31-18-17-28-41-30-31)40(36,3)27-25-37(34)39/h17-18,20,22,28,30,33-34,36-37H,4-16,19,21,23-27,29H2,1-3H3/t33-,34-,36-,37-,39-,40+/m0/s1. The van der Waals surface area contributed by atoms with E-state index in [2.05, 4.69) is 56.2 Å². The minimum Gasteiger partial charge on any atom is -0.462 e. The summed E-state index contributed by atoms with van der Waals surface area (Å²) in [5, 5.41) is 0. The topological polar surface area (TPSA) is 39.2 Å². The van der Waals surface area contributed by atoms with E-state index < -0.39 is 0 Å². The Morgan fingerprint density at radius 1 is 0.837 bits per heavy atom. The maximum Gasteiger partial charge on any atom is 0.306 e. The van der Waals surface area contributed by atoms with E-state index in [0.29, 0.717) is 6.42 Å². The molecule has 0 aliphatic heterocycles. The maximum absolute atomic E-state index is 12.7. The molecule has 6 atom stereocenters. The van der Waals surface area contributed by atoms with Crippen LogP contribution in [-0.4, -0.2) is 17.1 Å². The smallest absolute Gasteiger partial charge is 0.306 e. The zero-order valence-electron chi connectivity index (χ0n) is 27.9. The Morgan fingerprint density at radius 3 is 2.19 bits per heavy atom. The first-order chi connectivity index (χ1) is 21.0. The van der Waals surface area contributed by atoms with Gasteiger partial charge in [0, 0.05) is 25.2 Å². The molecule has 1 heterocycles. The number of carbonyl (C=O) groups excluding carboxylic acids is 1. The minimum atomic E-state index is 0.0411. The highest BCUT2D eigenvalue weighted by molar-refractivity contribution is 5.72. The van der Waals surface area contributed by atoms with Gasteiger partial charge in [-0.3, -0.25) is 9.78 Å². The van der Waals surface area contributed by atoms with Crippen LogP contribution in [0.3, 0.4) is 0 Å². The molecular formula is C40H61NO2. The Morgan fingerprint density at radius 2 is 1.51 bits per heavy atom. The molecule has 1 aromatic heterocycles. The van der Waals surface area contributed by atoms with Crippen molar-refractivity contribution in [3.8, 4) is 0 Å². The van der Waals surface area contributed by atoms with Gasteiger partial charge in [0.05, 0.1) is 0 Å². The number of fused-ring (bicyclic) bond motifs is 5. The van der Waals surface area contributed by atoms with Crippen molar-refractivity contribution in [3.05, 3.63) is 47.8 Å². The van der Waals surface area contributed by atoms with Gasteiger partial charge in [0.15, 0.2) is 0 Å². The number of allylic oxidation sites excluding steroid dienone is 3. The summed E-state index contributed by atoms with van der Waals surface area (Å²) in [4.78, 5) is 17.2. The molecule has 1 aromatic rings. The Labute approximate surface area is 263 Å². The molecule has 43 heavy (non-hydrogen) atoms. The van der Waals surface area contributed by atoms with Crippen molar-refractivity contribution in [3.63, 3.8) is 0 Å². The third-order valence-electron chi connectivity index (χ3n) is 12.4. The molecule has 4 aliphatic carbocycles. The molecule has 0 N–H and O–H groups in total. The van der Waals surface area contributed by atoms with Crippen LogP contribution in [0, 0.1) is 28.6 Å². The Balaban J connectivity index is 1.01. The van der Waals surface area contributed by atoms with Crippen LogP contribution in [0.2, 0.25) is 0 Å². The molecule has 5 rings (SSSR count). The van der Waals surface area contributed by atoms with Crippen molar-refractivity contribution in [1.82, 2.24) is 4.98 Å². The van der Waals surface area contributed by atoms with E-state index in [1.807, 2.05) is 6.20 Å². The maximum atomic E-state index is 12.7. The van der Waals surface area contributed by atoms with Crippen LogP contribution in [0.25, 0.3) is 5.57 Å². The van der Waals surface area contributed by atoms with Crippen LogP contribution in [-0.2, 0) is 9.53 Å². The average molecular weight is 588 g/mol. The summed E-state index contributed by atoms with van der Waals surface area (Å²) in [6.07, 6.45) is 35.2. The van der Waals surface area contributed by atoms with Crippen LogP contribution >= 0.6 is 0 Å². The predicted octanol–water partition coefficient (Wildman–Crippen LogP) is 11.4. The van der Waals surface area contributed by atoms with Gasteiger partial charge in [0.25, 0.3) is 0 Å². The summed E-state index contributed by atoms with van der Waals surface area (Å²) in [5.74, 6) is 2.29. The lowest BCUT2D eigenvalue weighted by Gasteiger charge is -2.57. The van der Waals surface area contributed by atoms with Crippen molar-refractivity contribution in [2.45, 2.75) is 162 Å². The number of carbonyl (C=O) groups is 1. The van der Waals surface area contributed by atoms with Crippen molar-refractivity contribution < 1.29 is 9.53 Å². The molecule has 0 radical (unpaired) electrons. The summed E-state index contributed by atoms with van der Waals surface area (Å²) in [5.41, 5.74) is 5.01. The van der Waals surface area contributed by atoms with Crippen molar-refractivity contribution >= 4 is 11.5 Å². The molecule has 3 heteroatoms. The fourth-order valence-corrected chi connectivity index (χ4v) is 9.80. The quantitative estimate of drug-likeness (QED) is 0.110. The van der Waals surface area contributed by atoms with Gasteiger partial charge in [-0.15, -0.1) is 0 Å². The molecule has 3 nitrogen and oxygen atoms in total. The number of hydrogen-bond acceptors (Lipinski definition) is 3. The Kier molecular flexibility index (Phi) is 11.6. The molecule has 4 aliphatic rings. The molecule has 238 valence electrons. The second-order valence-corrected chi connectivity index (χ2v) is 15.2. The molecule has 2 fully saturated rings. The van der Waals surface area contributed by atoms with Crippen molar-refractivity contribution in [1.29, 1.82) is 0 Å². The number of unbranched alkanes of at least 4 members (excludes halogenated alkanes) is 12. The van der Waals surface area contributed by atoms with Crippen LogP contribution < -0.4 is 0 Å². The first kappa shape index (κ1) is 32.5. The van der Waals surface area contributed by atoms with Gasteiger partial charge in [-0.05, 0) is 90.7 Å². The van der Waals surface area contributed by atoms with E-state index in [9.17, 15) is 4.79 Å². The fraction of sp³-hybridized carbons (Fsp3) is 0.750. The van der Waals surface area contributed by atoms with Gasteiger partial charge in [-0.25, -0.2) is 0 Å². The van der Waals surface area contributed by atoms with Gasteiger partial charge in [0.1, 0.15) is 6.10 Å². The largest absolute Gasteiger partial charge is 0.462 e. The van der Waals surface area contributed by atoms with E-state index >= 15 is 0 Å². The van der Waals surface area contributed by atoms with Gasteiger partial charge in [-0.1, -0.05) is 122 Å². The molecule has 0 spiro atoms. The van der Waals surface area contributed by atoms with Crippen LogP contribution in [0.5, 0.6) is 0 Å². The second-order valence-electron chi connectivity index (χ2n) is 15.2. The summed E-state index contributed by atoms with van der Waals surface area (Å²) in [7, 11) is 0. The first-order valence-electron chi connectivity index (χ1n) is 18.5. The van der Waals surface area contributed by atoms with Crippen LogP contribution in [0.15, 0.2) is 42.3 Å². The van der Waals surface area contributed by atoms with Crippen LogP contribution in [0.1, 0.15) is 161 Å². The van der Waals surface area contributed by atoms with Crippen molar-refractivity contribution in [2.24, 2.45) is 28.6 Å². The molecule has 0 bridgehead atoms. The van der Waals surface area contributed by atoms with Crippen LogP contribution in [0.4, 0.5) is 0 Å². The Bertz CT molecular complexity index is 1090. The summed E-state index contributed by atoms with van der Waals surface area (Å²) in [6, 6.07) is 4.33. The van der Waals surface area contributed by atoms with E-state index in [4.69, 9.17) is 4.74 Å². The third kappa shape index (κ3) is 7.67. The molecule has 0 amide bonds. The van der Waals surface area contributed by atoms with E-state index in [1.165, 1.54) is 115 Å². The normalized spacial score (nSPS) is 31.4. The van der Waals surface area contributed by atoms with Gasteiger partial charge in [-0.2, -0.15) is 0 Å². The van der Waals surface area contributed by atoms with Crippen molar-refractivity contribution in [2.75, 3.05) is 0 Å². The van der Waals surface area contributed by atoms with E-state index in [0.717, 1.165) is 37.0 Å². The minimum absolute atomic E-state index is 0.0411. The van der Waals surface area contributed by atoms with E-state index in [1.54, 1.807) is 11.1 Å². The number of rotatable bonds is 16. The predicted molar refractivity (Wildman–Crippen MR) is 179 cm³/mol. The second kappa shape index (κ2) is 15.4. The number of ether oxygens (including phenoxy) is 1. The number of esters is 1. The number of hydrogen-bond donors (Lipinski definition) is 0. The van der Waals surface area contributed by atoms with Gasteiger partial charge < -0.3 is 4.74 Å². The Hall–Kier alpha value is -1.90. The molecule has 0 saturated heterocycles. The lowest BCUT2D eigenvalue weighted by molar-refractivity contribution is -0.151. The number of aromatic nitrogens is 1. The molecular weight excluding hydrogens is 526 g/mol. The SMILES string of the molecule is CCCCCCCCCCCCCCCC(=O)O[C@H]1CC[C@@]2(C)C(=CC[C@@H]3[C@@H]2CC[C@]2(C)C(c4cccnc4)=CC[C@@H]32)C1. The lowest BCUT2D eigenvalue weighted by atomic mass is 9.47. The number of pyridine rings is 1. The van der Waals surface area contributed by atoms with Gasteiger partial charge in [0.2, 0.25) is 0 Å². The highest BCUT2D eigenvalue weighted by Gasteiger charge is 2.57. The van der Waals surface area contributed by atoms with E-state index in [-0.39, 0.29) is 22.9 Å². The number of nitrogens with zero attached hydrogens (tertiary/aromatic N) is 1.